The molecule has 2 N–H and O–H groups in total. The summed E-state index contributed by atoms with van der Waals surface area (Å²) in [7, 11) is 0. The number of nitro groups is 1. The van der Waals surface area contributed by atoms with Crippen molar-refractivity contribution in [2.24, 2.45) is 5.73 Å². The molecule has 0 aliphatic rings. The Bertz CT molecular complexity index is 619. The van der Waals surface area contributed by atoms with Crippen molar-refractivity contribution in [3.05, 3.63) is 57.2 Å². The van der Waals surface area contributed by atoms with Crippen LogP contribution in [0, 0.1) is 10.1 Å². The molecule has 19 heavy (non-hydrogen) atoms. The molecule has 1 aromatic carbocycles. The molecule has 0 aliphatic carbocycles. The first-order valence-electron chi connectivity index (χ1n) is 5.37. The number of pyridine rings is 1. The van der Waals surface area contributed by atoms with Gasteiger partial charge < -0.3 is 10.5 Å². The topological polar surface area (TPSA) is 91.3 Å². The highest BCUT2D eigenvalue weighted by molar-refractivity contribution is 6.32. The summed E-state index contributed by atoms with van der Waals surface area (Å²) in [5.74, 6) is 0.626. The van der Waals surface area contributed by atoms with Gasteiger partial charge in [0, 0.05) is 30.4 Å². The van der Waals surface area contributed by atoms with Crippen molar-refractivity contribution in [1.82, 2.24) is 4.98 Å². The van der Waals surface area contributed by atoms with E-state index in [1.165, 1.54) is 18.2 Å². The molecule has 7 heteroatoms. The molecule has 98 valence electrons. The molecule has 2 rings (SSSR count). The van der Waals surface area contributed by atoms with Gasteiger partial charge in [0.25, 0.3) is 5.69 Å². The van der Waals surface area contributed by atoms with Crippen LogP contribution in [0.15, 0.2) is 36.5 Å². The maximum atomic E-state index is 10.6. The molecule has 1 aromatic heterocycles. The fourth-order valence-corrected chi connectivity index (χ4v) is 1.67. The number of nitro benzene ring substituents is 1. The van der Waals surface area contributed by atoms with Crippen LogP contribution in [0.3, 0.4) is 0 Å². The van der Waals surface area contributed by atoms with E-state index in [0.717, 1.165) is 5.56 Å². The summed E-state index contributed by atoms with van der Waals surface area (Å²) in [6, 6.07) is 7.48. The molecule has 0 bridgehead atoms. The first-order chi connectivity index (χ1) is 9.11. The number of benzene rings is 1. The summed E-state index contributed by atoms with van der Waals surface area (Å²) in [6.07, 6.45) is 1.56. The third kappa shape index (κ3) is 2.98. The quantitative estimate of drug-likeness (QED) is 0.686. The van der Waals surface area contributed by atoms with Gasteiger partial charge in [-0.3, -0.25) is 10.1 Å². The number of hydrogen-bond donors (Lipinski definition) is 1. The SMILES string of the molecule is NCc1cccnc1Oc1ccc([N+](=O)[O-])cc1Cl. The second-order valence-electron chi connectivity index (χ2n) is 3.65. The van der Waals surface area contributed by atoms with Crippen LogP contribution in [-0.2, 0) is 6.54 Å². The molecule has 0 fully saturated rings. The molecular formula is C12H10ClN3O3. The number of ether oxygens (including phenoxy) is 1. The van der Waals surface area contributed by atoms with Gasteiger partial charge in [-0.05, 0) is 12.1 Å². The van der Waals surface area contributed by atoms with Crippen molar-refractivity contribution in [1.29, 1.82) is 0 Å². The average Bonchev–Trinajstić information content (AvgIpc) is 2.41. The van der Waals surface area contributed by atoms with Crippen molar-refractivity contribution in [2.45, 2.75) is 6.54 Å². The first kappa shape index (κ1) is 13.3. The van der Waals surface area contributed by atoms with Gasteiger partial charge in [-0.2, -0.15) is 0 Å². The van der Waals surface area contributed by atoms with Crippen molar-refractivity contribution in [3.63, 3.8) is 0 Å². The fraction of sp³-hybridized carbons (Fsp3) is 0.0833. The number of non-ortho nitro benzene ring substituents is 1. The molecule has 0 saturated heterocycles. The molecule has 0 aliphatic heterocycles. The number of halogens is 1. The van der Waals surface area contributed by atoms with Gasteiger partial charge in [0.15, 0.2) is 0 Å². The monoisotopic (exact) mass is 279 g/mol. The van der Waals surface area contributed by atoms with Crippen LogP contribution in [0.1, 0.15) is 5.56 Å². The van der Waals surface area contributed by atoms with E-state index >= 15 is 0 Å². The van der Waals surface area contributed by atoms with Crippen molar-refractivity contribution < 1.29 is 9.66 Å². The zero-order valence-corrected chi connectivity index (χ0v) is 10.5. The first-order valence-corrected chi connectivity index (χ1v) is 5.75. The molecule has 6 nitrogen and oxygen atoms in total. The van der Waals surface area contributed by atoms with Crippen molar-refractivity contribution in [3.8, 4) is 11.6 Å². The van der Waals surface area contributed by atoms with E-state index in [0.29, 0.717) is 11.6 Å². The molecule has 0 unspecified atom stereocenters. The van der Waals surface area contributed by atoms with Crippen molar-refractivity contribution in [2.75, 3.05) is 0 Å². The summed E-state index contributed by atoms with van der Waals surface area (Å²) < 4.78 is 5.52. The van der Waals surface area contributed by atoms with Gasteiger partial charge in [0.1, 0.15) is 5.75 Å². The molecular weight excluding hydrogens is 270 g/mol. The van der Waals surface area contributed by atoms with Gasteiger partial charge in [0.05, 0.1) is 9.95 Å². The van der Waals surface area contributed by atoms with Gasteiger partial charge >= 0.3 is 0 Å². The second kappa shape index (κ2) is 5.64. The zero-order valence-electron chi connectivity index (χ0n) is 9.75. The molecule has 1 heterocycles. The summed E-state index contributed by atoms with van der Waals surface area (Å²) in [4.78, 5) is 14.1. The third-order valence-electron chi connectivity index (χ3n) is 2.40. The lowest BCUT2D eigenvalue weighted by molar-refractivity contribution is -0.384. The molecule has 0 radical (unpaired) electrons. The maximum Gasteiger partial charge on any atom is 0.271 e. The largest absolute Gasteiger partial charge is 0.437 e. The molecule has 2 aromatic rings. The van der Waals surface area contributed by atoms with E-state index in [2.05, 4.69) is 4.98 Å². The normalized spacial score (nSPS) is 10.2. The van der Waals surface area contributed by atoms with Crippen LogP contribution in [0.2, 0.25) is 5.02 Å². The van der Waals surface area contributed by atoms with Gasteiger partial charge in [-0.1, -0.05) is 17.7 Å². The second-order valence-corrected chi connectivity index (χ2v) is 4.05. The van der Waals surface area contributed by atoms with Crippen LogP contribution in [0.5, 0.6) is 11.6 Å². The predicted octanol–water partition coefficient (Wildman–Crippen LogP) is 2.89. The minimum Gasteiger partial charge on any atom is -0.437 e. The fourth-order valence-electron chi connectivity index (χ4n) is 1.46. The minimum absolute atomic E-state index is 0.0996. The average molecular weight is 280 g/mol. The van der Waals surface area contributed by atoms with Gasteiger partial charge in [0.2, 0.25) is 5.88 Å². The van der Waals surface area contributed by atoms with E-state index in [4.69, 9.17) is 22.1 Å². The lowest BCUT2D eigenvalue weighted by Crippen LogP contribution is -2.01. The van der Waals surface area contributed by atoms with Crippen LogP contribution in [-0.4, -0.2) is 9.91 Å². The number of nitrogens with two attached hydrogens (primary N) is 1. The van der Waals surface area contributed by atoms with Crippen molar-refractivity contribution >= 4 is 17.3 Å². The highest BCUT2D eigenvalue weighted by atomic mass is 35.5. The Labute approximate surface area is 113 Å². The zero-order chi connectivity index (χ0) is 13.8. The van der Waals surface area contributed by atoms with E-state index < -0.39 is 4.92 Å². The Hall–Kier alpha value is -2.18. The number of rotatable bonds is 4. The molecule has 0 amide bonds. The summed E-state index contributed by atoms with van der Waals surface area (Å²) in [5, 5.41) is 10.7. The number of aromatic nitrogens is 1. The Morgan fingerprint density at radius 3 is 2.84 bits per heavy atom. The highest BCUT2D eigenvalue weighted by Crippen LogP contribution is 2.32. The Morgan fingerprint density at radius 2 is 2.21 bits per heavy atom. The lowest BCUT2D eigenvalue weighted by atomic mass is 10.2. The van der Waals surface area contributed by atoms with E-state index in [-0.39, 0.29) is 17.3 Å². The molecule has 0 atom stereocenters. The number of nitrogens with zero attached hydrogens (tertiary/aromatic N) is 2. The standard InChI is InChI=1S/C12H10ClN3O3/c13-10-6-9(16(17)18)3-4-11(10)19-12-8(7-14)2-1-5-15-12/h1-6H,7,14H2. The van der Waals surface area contributed by atoms with Crippen LogP contribution >= 0.6 is 11.6 Å². The van der Waals surface area contributed by atoms with E-state index in [9.17, 15) is 10.1 Å². The predicted molar refractivity (Wildman–Crippen MR) is 70.3 cm³/mol. The van der Waals surface area contributed by atoms with Gasteiger partial charge in [-0.15, -0.1) is 0 Å². The maximum absolute atomic E-state index is 10.6. The molecule has 0 spiro atoms. The third-order valence-corrected chi connectivity index (χ3v) is 2.70. The summed E-state index contributed by atoms with van der Waals surface area (Å²) >= 11 is 5.93. The van der Waals surface area contributed by atoms with Crippen LogP contribution in [0.25, 0.3) is 0 Å². The molecule has 0 saturated carbocycles. The van der Waals surface area contributed by atoms with E-state index in [1.807, 2.05) is 0 Å². The van der Waals surface area contributed by atoms with E-state index in [1.54, 1.807) is 18.3 Å². The highest BCUT2D eigenvalue weighted by Gasteiger charge is 2.12. The summed E-state index contributed by atoms with van der Waals surface area (Å²) in [6.45, 7) is 0.272. The Morgan fingerprint density at radius 1 is 1.42 bits per heavy atom. The van der Waals surface area contributed by atoms with Gasteiger partial charge in [-0.25, -0.2) is 4.98 Å². The Kier molecular flexibility index (Phi) is 3.94. The Balaban J connectivity index is 2.31. The van der Waals surface area contributed by atoms with Crippen LogP contribution in [0.4, 0.5) is 5.69 Å². The summed E-state index contributed by atoms with van der Waals surface area (Å²) in [5.41, 5.74) is 6.18. The minimum atomic E-state index is -0.526. The smallest absolute Gasteiger partial charge is 0.271 e. The lowest BCUT2D eigenvalue weighted by Gasteiger charge is -2.09. The van der Waals surface area contributed by atoms with Crippen LogP contribution < -0.4 is 10.5 Å². The number of hydrogen-bond acceptors (Lipinski definition) is 5.